The van der Waals surface area contributed by atoms with E-state index in [9.17, 15) is 5.11 Å². The Bertz CT molecular complexity index is 1800. The maximum absolute atomic E-state index is 15.5. The van der Waals surface area contributed by atoms with Crippen LogP contribution in [0, 0.1) is 68.5 Å². The van der Waals surface area contributed by atoms with Crippen molar-refractivity contribution in [2.45, 2.75) is 137 Å². The van der Waals surface area contributed by atoms with Crippen LogP contribution < -0.4 is 4.74 Å². The van der Waals surface area contributed by atoms with Crippen molar-refractivity contribution in [3.63, 3.8) is 0 Å². The number of aliphatic hydroxyl groups is 1. The molecule has 6 nitrogen and oxygen atoms in total. The molecule has 12 atom stereocenters. The zero-order chi connectivity index (χ0) is 37.6. The molecule has 53 heavy (non-hydrogen) atoms. The van der Waals surface area contributed by atoms with Crippen LogP contribution in [0.5, 0.6) is 5.75 Å². The Morgan fingerprint density at radius 3 is 2.47 bits per heavy atom. The Morgan fingerprint density at radius 1 is 0.981 bits per heavy atom. The lowest BCUT2D eigenvalue weighted by atomic mass is 9.32. The summed E-state index contributed by atoms with van der Waals surface area (Å²) >= 11 is 0. The first-order valence-corrected chi connectivity index (χ1v) is 21.0. The van der Waals surface area contributed by atoms with E-state index in [2.05, 4.69) is 75.1 Å². The van der Waals surface area contributed by atoms with Gasteiger partial charge in [-0.2, -0.15) is 0 Å². The first kappa shape index (κ1) is 36.9. The van der Waals surface area contributed by atoms with E-state index in [1.807, 2.05) is 25.3 Å². The van der Waals surface area contributed by atoms with Crippen molar-refractivity contribution >= 4 is 5.91 Å². The number of allylic oxidation sites excluding steroid dienone is 1. The number of hydrogen-bond donors (Lipinski definition) is 2. The number of aromatic amines is 1. The summed E-state index contributed by atoms with van der Waals surface area (Å²) in [6.07, 6.45) is 15.4. The topological polar surface area (TPSA) is 78.5 Å². The Labute approximate surface area is 319 Å². The predicted molar refractivity (Wildman–Crippen MR) is 212 cm³/mol. The van der Waals surface area contributed by atoms with E-state index in [1.54, 1.807) is 7.11 Å². The van der Waals surface area contributed by atoms with E-state index in [0.717, 1.165) is 87.2 Å². The summed E-state index contributed by atoms with van der Waals surface area (Å²) in [4.78, 5) is 26.3. The van der Waals surface area contributed by atoms with Crippen LogP contribution >= 0.6 is 0 Å². The second-order valence-electron chi connectivity index (χ2n) is 19.6. The van der Waals surface area contributed by atoms with E-state index < -0.39 is 0 Å². The molecule has 6 aliphatic rings. The number of ether oxygens (including phenoxy) is 1. The van der Waals surface area contributed by atoms with Crippen LogP contribution in [0.25, 0.3) is 11.3 Å². The second-order valence-corrected chi connectivity index (χ2v) is 19.6. The summed E-state index contributed by atoms with van der Waals surface area (Å²) in [6, 6.07) is 8.07. The summed E-state index contributed by atoms with van der Waals surface area (Å²) in [5.74, 6) is 11.0. The minimum absolute atomic E-state index is 0.0152. The molecule has 1 saturated heterocycles. The van der Waals surface area contributed by atoms with Crippen molar-refractivity contribution in [2.75, 3.05) is 13.7 Å². The number of methoxy groups -OCH3 is 1. The summed E-state index contributed by atoms with van der Waals surface area (Å²) in [7, 11) is 1.69. The van der Waals surface area contributed by atoms with E-state index in [-0.39, 0.29) is 39.2 Å². The standard InChI is InChI=1S/C47H65N3O3/c1-9-10-22-44(5)37-20-24-46(7)38(43(37,4)23-21-39(44)51)18-17-34-40-33(30(2)3)19-25-47(40,27-26-45(34,46)6)42(52)50-28-11-12-36(50)41-48-29-35(49-41)31-13-15-32(53-8)16-14-31/h13-16,29,33-34,36-40,51H,2,11-12,17-28H2,1,3-8H3,(H,48,49). The Hall–Kier alpha value is -3.04. The van der Waals surface area contributed by atoms with Gasteiger partial charge in [0.2, 0.25) is 5.91 Å². The van der Waals surface area contributed by atoms with Gasteiger partial charge in [-0.3, -0.25) is 4.79 Å². The number of amides is 1. The predicted octanol–water partition coefficient (Wildman–Crippen LogP) is 10.2. The zero-order valence-electron chi connectivity index (χ0n) is 33.7. The van der Waals surface area contributed by atoms with E-state index in [1.165, 1.54) is 31.3 Å². The van der Waals surface area contributed by atoms with Crippen LogP contribution in [0.2, 0.25) is 0 Å². The van der Waals surface area contributed by atoms with Crippen molar-refractivity contribution in [3.05, 3.63) is 48.4 Å². The van der Waals surface area contributed by atoms with Crippen molar-refractivity contribution in [1.82, 2.24) is 14.9 Å². The number of carbonyl (C=O) groups excluding carboxylic acids is 1. The molecule has 0 bridgehead atoms. The maximum atomic E-state index is 15.5. The molecule has 12 unspecified atom stereocenters. The Balaban J connectivity index is 1.10. The molecule has 2 aromatic rings. The van der Waals surface area contributed by atoms with Gasteiger partial charge in [0, 0.05) is 18.4 Å². The molecule has 1 aliphatic heterocycles. The normalized spacial score (nSPS) is 43.1. The number of carbonyl (C=O) groups is 1. The van der Waals surface area contributed by atoms with Crippen LogP contribution in [-0.2, 0) is 4.79 Å². The van der Waals surface area contributed by atoms with Gasteiger partial charge >= 0.3 is 0 Å². The number of hydrogen-bond acceptors (Lipinski definition) is 4. The first-order valence-electron chi connectivity index (χ1n) is 21.0. The smallest absolute Gasteiger partial charge is 0.229 e. The second kappa shape index (κ2) is 13.0. The van der Waals surface area contributed by atoms with Crippen molar-refractivity contribution in [2.24, 2.45) is 56.7 Å². The number of aliphatic hydroxyl groups excluding tert-OH is 1. The van der Waals surface area contributed by atoms with Crippen LogP contribution in [0.3, 0.4) is 0 Å². The van der Waals surface area contributed by atoms with Crippen LogP contribution in [0.15, 0.2) is 42.6 Å². The average Bonchev–Trinajstić information content (AvgIpc) is 3.92. The van der Waals surface area contributed by atoms with Gasteiger partial charge < -0.3 is 19.7 Å². The molecule has 0 spiro atoms. The number of likely N-dealkylation sites (tertiary alicyclic amines) is 1. The van der Waals surface area contributed by atoms with Gasteiger partial charge in [0.05, 0.1) is 36.6 Å². The summed E-state index contributed by atoms with van der Waals surface area (Å²) in [6.45, 7) is 19.9. The number of imidazole rings is 1. The number of nitrogens with zero attached hydrogens (tertiary/aromatic N) is 2. The molecule has 5 saturated carbocycles. The number of aromatic nitrogens is 2. The van der Waals surface area contributed by atoms with Crippen molar-refractivity contribution in [3.8, 4) is 28.8 Å². The highest BCUT2D eigenvalue weighted by Gasteiger charge is 2.72. The lowest BCUT2D eigenvalue weighted by Gasteiger charge is -2.73. The number of benzene rings is 1. The van der Waals surface area contributed by atoms with Crippen molar-refractivity contribution in [1.29, 1.82) is 0 Å². The molecule has 6 heteroatoms. The summed E-state index contributed by atoms with van der Waals surface area (Å²) < 4.78 is 5.38. The highest BCUT2D eigenvalue weighted by molar-refractivity contribution is 5.84. The third-order valence-corrected chi connectivity index (χ3v) is 17.7. The molecule has 0 radical (unpaired) electrons. The molecule has 5 aliphatic carbocycles. The molecule has 286 valence electrons. The minimum atomic E-state index is -0.335. The fraction of sp³-hybridized carbons (Fsp3) is 0.702. The lowest BCUT2D eigenvalue weighted by molar-refractivity contribution is -0.249. The van der Waals surface area contributed by atoms with Gasteiger partial charge in [0.25, 0.3) is 0 Å². The summed E-state index contributed by atoms with van der Waals surface area (Å²) in [5, 5.41) is 11.5. The third kappa shape index (κ3) is 5.21. The van der Waals surface area contributed by atoms with Gasteiger partial charge in [-0.25, -0.2) is 4.98 Å². The Kier molecular flexibility index (Phi) is 9.08. The molecule has 6 fully saturated rings. The molecule has 1 aromatic heterocycles. The molecule has 8 rings (SSSR count). The largest absolute Gasteiger partial charge is 0.497 e. The quantitative estimate of drug-likeness (QED) is 0.230. The van der Waals surface area contributed by atoms with E-state index >= 15 is 4.79 Å². The molecule has 2 heterocycles. The van der Waals surface area contributed by atoms with E-state index in [4.69, 9.17) is 9.72 Å². The number of fused-ring (bicyclic) bond motifs is 7. The molecule has 1 aromatic carbocycles. The van der Waals surface area contributed by atoms with E-state index in [0.29, 0.717) is 35.5 Å². The SMILES string of the molecule is C=C(C)C1CCC2(C(=O)N3CCCC3c3ncc(-c4ccc(OC)cc4)[nH]3)CCC3(C)C(CCC4C5(C)CCC(O)C(C)(CC#CC)C5CCC43C)C12. The molecular formula is C47H65N3O3. The highest BCUT2D eigenvalue weighted by atomic mass is 16.5. The first-order chi connectivity index (χ1) is 25.3. The van der Waals surface area contributed by atoms with Crippen LogP contribution in [-0.4, -0.2) is 45.6 Å². The van der Waals surface area contributed by atoms with Gasteiger partial charge in [-0.15, -0.1) is 11.8 Å². The maximum Gasteiger partial charge on any atom is 0.229 e. The van der Waals surface area contributed by atoms with Crippen molar-refractivity contribution < 1.29 is 14.6 Å². The molecular weight excluding hydrogens is 655 g/mol. The van der Waals surface area contributed by atoms with Crippen LogP contribution in [0.4, 0.5) is 0 Å². The zero-order valence-corrected chi connectivity index (χ0v) is 33.7. The molecule has 2 N–H and O–H groups in total. The fourth-order valence-corrected chi connectivity index (χ4v) is 14.8. The molecule has 1 amide bonds. The third-order valence-electron chi connectivity index (χ3n) is 17.7. The minimum Gasteiger partial charge on any atom is -0.497 e. The number of rotatable bonds is 6. The highest BCUT2D eigenvalue weighted by Crippen LogP contribution is 2.78. The summed E-state index contributed by atoms with van der Waals surface area (Å²) in [5.41, 5.74) is 3.38. The Morgan fingerprint density at radius 2 is 1.75 bits per heavy atom. The fourth-order valence-electron chi connectivity index (χ4n) is 14.8. The lowest BCUT2D eigenvalue weighted by Crippen LogP contribution is -2.67. The van der Waals surface area contributed by atoms with Gasteiger partial charge in [0.15, 0.2) is 0 Å². The van der Waals surface area contributed by atoms with Gasteiger partial charge in [-0.1, -0.05) is 39.8 Å². The average molecular weight is 720 g/mol. The monoisotopic (exact) mass is 720 g/mol. The van der Waals surface area contributed by atoms with Gasteiger partial charge in [0.1, 0.15) is 11.6 Å². The number of H-pyrrole nitrogens is 1. The van der Waals surface area contributed by atoms with Gasteiger partial charge in [-0.05, 0) is 167 Å². The van der Waals surface area contributed by atoms with Crippen LogP contribution in [0.1, 0.15) is 137 Å². The number of nitrogens with one attached hydrogen (secondary N) is 1.